The minimum absolute atomic E-state index is 0.0665. The molecule has 0 spiro atoms. The molecule has 0 unspecified atom stereocenters. The highest BCUT2D eigenvalue weighted by Crippen LogP contribution is 2.14. The Labute approximate surface area is 130 Å². The number of carbonyl (C=O) groups is 1. The lowest BCUT2D eigenvalue weighted by atomic mass is 10.4. The summed E-state index contributed by atoms with van der Waals surface area (Å²) in [7, 11) is -2.54. The Morgan fingerprint density at radius 3 is 2.14 bits per heavy atom. The summed E-state index contributed by atoms with van der Waals surface area (Å²) in [5, 5.41) is 0. The van der Waals surface area contributed by atoms with Gasteiger partial charge in [-0.2, -0.15) is 4.31 Å². The Bertz CT molecular complexity index is 631. The van der Waals surface area contributed by atoms with Gasteiger partial charge in [0.2, 0.25) is 15.9 Å². The van der Waals surface area contributed by atoms with Crippen molar-refractivity contribution < 1.29 is 17.6 Å². The average molecular weight is 326 g/mol. The van der Waals surface area contributed by atoms with Gasteiger partial charge >= 0.3 is 0 Å². The highest BCUT2D eigenvalue weighted by Gasteiger charge is 2.24. The summed E-state index contributed by atoms with van der Waals surface area (Å²) in [4.78, 5) is 13.5. The number of benzene rings is 1. The van der Waals surface area contributed by atoms with E-state index in [1.165, 1.54) is 11.9 Å². The lowest BCUT2D eigenvalue weighted by Crippen LogP contribution is -2.41. The van der Waals surface area contributed by atoms with Crippen LogP contribution in [0.2, 0.25) is 0 Å². The Hall–Kier alpha value is -1.99. The molecule has 5 nitrogen and oxygen atoms in total. The largest absolute Gasteiger partial charge is 0.334 e. The van der Waals surface area contributed by atoms with Gasteiger partial charge in [-0.05, 0) is 24.3 Å². The molecule has 1 aromatic rings. The molecule has 0 N–H and O–H groups in total. The van der Waals surface area contributed by atoms with Crippen molar-refractivity contribution in [1.82, 2.24) is 9.21 Å². The van der Waals surface area contributed by atoms with Crippen LogP contribution in [0.5, 0.6) is 0 Å². The van der Waals surface area contributed by atoms with Crippen molar-refractivity contribution in [3.63, 3.8) is 0 Å². The van der Waals surface area contributed by atoms with E-state index < -0.39 is 15.8 Å². The van der Waals surface area contributed by atoms with Crippen molar-refractivity contribution >= 4 is 15.9 Å². The van der Waals surface area contributed by atoms with Crippen LogP contribution in [-0.4, -0.2) is 50.2 Å². The van der Waals surface area contributed by atoms with E-state index in [4.69, 9.17) is 0 Å². The van der Waals surface area contributed by atoms with Crippen molar-refractivity contribution in [2.45, 2.75) is 4.90 Å². The van der Waals surface area contributed by atoms with E-state index >= 15 is 0 Å². The number of carbonyl (C=O) groups excluding carboxylic acids is 1. The number of hydrogen-bond acceptors (Lipinski definition) is 3. The van der Waals surface area contributed by atoms with E-state index in [2.05, 4.69) is 13.2 Å². The van der Waals surface area contributed by atoms with Crippen LogP contribution in [0.1, 0.15) is 0 Å². The fourth-order valence-electron chi connectivity index (χ4n) is 1.75. The smallest absolute Gasteiger partial charge is 0.243 e. The number of nitrogens with zero attached hydrogens (tertiary/aromatic N) is 2. The van der Waals surface area contributed by atoms with E-state index in [1.807, 2.05) is 0 Å². The number of likely N-dealkylation sites (N-methyl/N-ethyl adjacent to an activating group) is 1. The molecule has 0 aromatic heterocycles. The van der Waals surface area contributed by atoms with Crippen molar-refractivity contribution in [3.05, 3.63) is 55.4 Å². The molecule has 0 saturated heterocycles. The van der Waals surface area contributed by atoms with Gasteiger partial charge in [0.15, 0.2) is 0 Å². The molecular formula is C15H19FN2O3S. The first kappa shape index (κ1) is 18.1. The van der Waals surface area contributed by atoms with E-state index in [9.17, 15) is 17.6 Å². The van der Waals surface area contributed by atoms with E-state index in [0.717, 1.165) is 28.6 Å². The molecule has 0 fully saturated rings. The summed E-state index contributed by atoms with van der Waals surface area (Å²) in [5.41, 5.74) is 0. The Morgan fingerprint density at radius 1 is 1.18 bits per heavy atom. The molecule has 7 heteroatoms. The summed E-state index contributed by atoms with van der Waals surface area (Å²) >= 11 is 0. The lowest BCUT2D eigenvalue weighted by Gasteiger charge is -2.23. The minimum atomic E-state index is -3.85. The third kappa shape index (κ3) is 4.51. The van der Waals surface area contributed by atoms with Crippen molar-refractivity contribution in [2.24, 2.45) is 0 Å². The normalized spacial score (nSPS) is 11.2. The van der Waals surface area contributed by atoms with E-state index in [0.29, 0.717) is 13.1 Å². The minimum Gasteiger partial charge on any atom is -0.334 e. The van der Waals surface area contributed by atoms with Gasteiger partial charge in [0, 0.05) is 20.1 Å². The summed E-state index contributed by atoms with van der Waals surface area (Å²) in [6.07, 6.45) is 3.10. The van der Waals surface area contributed by atoms with Crippen LogP contribution in [0.3, 0.4) is 0 Å². The summed E-state index contributed by atoms with van der Waals surface area (Å²) in [5.74, 6) is -0.895. The SMILES string of the molecule is C=CCN(CC=C)C(=O)CN(C)S(=O)(=O)c1ccc(F)cc1. The standard InChI is InChI=1S/C15H19FN2O3S/c1-4-10-18(11-5-2)15(19)12-17(3)22(20,21)14-8-6-13(16)7-9-14/h4-9H,1-2,10-12H2,3H3. The second-order valence-electron chi connectivity index (χ2n) is 4.59. The van der Waals surface area contributed by atoms with Gasteiger partial charge in [-0.3, -0.25) is 4.79 Å². The fourth-order valence-corrected chi connectivity index (χ4v) is 2.87. The molecule has 0 aliphatic rings. The van der Waals surface area contributed by atoms with Crippen LogP contribution in [0.4, 0.5) is 4.39 Å². The first-order valence-electron chi connectivity index (χ1n) is 6.54. The van der Waals surface area contributed by atoms with Crippen molar-refractivity contribution in [1.29, 1.82) is 0 Å². The molecule has 120 valence electrons. The first-order valence-corrected chi connectivity index (χ1v) is 7.98. The third-order valence-electron chi connectivity index (χ3n) is 2.93. The molecular weight excluding hydrogens is 307 g/mol. The maximum Gasteiger partial charge on any atom is 0.243 e. The molecule has 1 aromatic carbocycles. The average Bonchev–Trinajstić information content (AvgIpc) is 2.47. The van der Waals surface area contributed by atoms with Gasteiger partial charge in [-0.15, -0.1) is 13.2 Å². The maximum absolute atomic E-state index is 12.9. The Morgan fingerprint density at radius 2 is 1.68 bits per heavy atom. The molecule has 0 aliphatic carbocycles. The molecule has 22 heavy (non-hydrogen) atoms. The predicted octanol–water partition coefficient (Wildman–Crippen LogP) is 1.65. The van der Waals surface area contributed by atoms with Crippen LogP contribution in [-0.2, 0) is 14.8 Å². The highest BCUT2D eigenvalue weighted by molar-refractivity contribution is 7.89. The first-order chi connectivity index (χ1) is 10.3. The summed E-state index contributed by atoms with van der Waals surface area (Å²) in [6.45, 7) is 7.39. The monoisotopic (exact) mass is 326 g/mol. The topological polar surface area (TPSA) is 57.7 Å². The van der Waals surface area contributed by atoms with Gasteiger partial charge in [-0.25, -0.2) is 12.8 Å². The van der Waals surface area contributed by atoms with E-state index in [1.54, 1.807) is 12.2 Å². The highest BCUT2D eigenvalue weighted by atomic mass is 32.2. The molecule has 0 saturated carbocycles. The predicted molar refractivity (Wildman–Crippen MR) is 83.2 cm³/mol. The maximum atomic E-state index is 12.9. The van der Waals surface area contributed by atoms with Gasteiger partial charge < -0.3 is 4.90 Å². The zero-order valence-corrected chi connectivity index (χ0v) is 13.2. The van der Waals surface area contributed by atoms with E-state index in [-0.39, 0.29) is 17.3 Å². The van der Waals surface area contributed by atoms with Gasteiger partial charge in [0.1, 0.15) is 5.82 Å². The van der Waals surface area contributed by atoms with Crippen LogP contribution in [0.15, 0.2) is 54.5 Å². The lowest BCUT2D eigenvalue weighted by molar-refractivity contribution is -0.130. The molecule has 0 radical (unpaired) electrons. The molecule has 0 aliphatic heterocycles. The fraction of sp³-hybridized carbons (Fsp3) is 0.267. The molecule has 0 atom stereocenters. The second-order valence-corrected chi connectivity index (χ2v) is 6.64. The Kier molecular flexibility index (Phi) is 6.45. The quantitative estimate of drug-likeness (QED) is 0.683. The Balaban J connectivity index is 2.88. The third-order valence-corrected chi connectivity index (χ3v) is 4.75. The number of halogens is 1. The van der Waals surface area contributed by atoms with Crippen LogP contribution in [0, 0.1) is 5.82 Å². The molecule has 0 heterocycles. The zero-order chi connectivity index (χ0) is 16.8. The van der Waals surface area contributed by atoms with Gasteiger partial charge in [0.25, 0.3) is 0 Å². The van der Waals surface area contributed by atoms with Crippen molar-refractivity contribution in [2.75, 3.05) is 26.7 Å². The number of amides is 1. The zero-order valence-electron chi connectivity index (χ0n) is 12.4. The molecule has 0 bridgehead atoms. The van der Waals surface area contributed by atoms with Gasteiger partial charge in [0.05, 0.1) is 11.4 Å². The number of hydrogen-bond donors (Lipinski definition) is 0. The number of rotatable bonds is 8. The molecule has 1 amide bonds. The number of sulfonamides is 1. The summed E-state index contributed by atoms with van der Waals surface area (Å²) in [6, 6.07) is 4.45. The van der Waals surface area contributed by atoms with Crippen LogP contribution < -0.4 is 0 Å². The van der Waals surface area contributed by atoms with Crippen LogP contribution >= 0.6 is 0 Å². The summed E-state index contributed by atoms with van der Waals surface area (Å²) < 4.78 is 38.4. The molecule has 1 rings (SSSR count). The second kappa shape index (κ2) is 7.86. The van der Waals surface area contributed by atoms with Crippen LogP contribution in [0.25, 0.3) is 0 Å². The van der Waals surface area contributed by atoms with Crippen molar-refractivity contribution in [3.8, 4) is 0 Å². The van der Waals surface area contributed by atoms with Gasteiger partial charge in [-0.1, -0.05) is 12.2 Å².